The van der Waals surface area contributed by atoms with Crippen molar-refractivity contribution in [1.82, 2.24) is 0 Å². The Morgan fingerprint density at radius 3 is 2.62 bits per heavy atom. The first-order chi connectivity index (χ1) is 7.47. The Hall–Kier alpha value is -0.590. The fourth-order valence-electron chi connectivity index (χ4n) is 5.14. The van der Waals surface area contributed by atoms with Gasteiger partial charge in [0.1, 0.15) is 0 Å². The molecular formula is C15H22O. The van der Waals surface area contributed by atoms with Gasteiger partial charge in [-0.1, -0.05) is 26.3 Å². The minimum atomic E-state index is 0.325. The number of rotatable bonds is 1. The fraction of sp³-hybridized carbons (Fsp3) is 0.800. The summed E-state index contributed by atoms with van der Waals surface area (Å²) in [5, 5.41) is 0. The molecule has 0 aromatic heterocycles. The Morgan fingerprint density at radius 2 is 2.06 bits per heavy atom. The Bertz CT molecular complexity index is 379. The van der Waals surface area contributed by atoms with E-state index in [4.69, 9.17) is 0 Å². The van der Waals surface area contributed by atoms with E-state index in [9.17, 15) is 4.79 Å². The van der Waals surface area contributed by atoms with Crippen molar-refractivity contribution in [3.05, 3.63) is 11.6 Å². The maximum Gasteiger partial charge on any atom is 0.159 e. The number of hydrogen-bond acceptors (Lipinski definition) is 1. The van der Waals surface area contributed by atoms with Gasteiger partial charge in [0.2, 0.25) is 0 Å². The predicted octanol–water partition coefficient (Wildman–Crippen LogP) is 3.45. The van der Waals surface area contributed by atoms with Crippen molar-refractivity contribution >= 4 is 5.78 Å². The molecule has 4 bridgehead atoms. The molecular weight excluding hydrogens is 196 g/mol. The SMILES string of the molecule is CC1=CC(=O)[C@@H]2[C@H]3[C@H](C(C)C)CC[C@]2(C)[C@@H]13. The number of hydrogen-bond donors (Lipinski definition) is 0. The van der Waals surface area contributed by atoms with Gasteiger partial charge in [-0.05, 0) is 54.9 Å². The van der Waals surface area contributed by atoms with Crippen LogP contribution in [0.2, 0.25) is 0 Å². The van der Waals surface area contributed by atoms with Crippen LogP contribution in [-0.4, -0.2) is 5.78 Å². The maximum atomic E-state index is 12.2. The molecule has 4 aliphatic rings. The van der Waals surface area contributed by atoms with E-state index in [1.165, 1.54) is 18.4 Å². The molecule has 4 aliphatic carbocycles. The molecule has 0 aromatic rings. The maximum absolute atomic E-state index is 12.2. The van der Waals surface area contributed by atoms with Gasteiger partial charge in [0, 0.05) is 5.92 Å². The molecule has 0 unspecified atom stereocenters. The highest BCUT2D eigenvalue weighted by molar-refractivity contribution is 5.96. The van der Waals surface area contributed by atoms with Gasteiger partial charge in [0.15, 0.2) is 5.78 Å². The smallest absolute Gasteiger partial charge is 0.159 e. The highest BCUT2D eigenvalue weighted by Gasteiger charge is 2.68. The summed E-state index contributed by atoms with van der Waals surface area (Å²) in [4.78, 5) is 12.2. The van der Waals surface area contributed by atoms with Crippen molar-refractivity contribution in [2.24, 2.45) is 35.0 Å². The minimum Gasteiger partial charge on any atom is -0.295 e. The summed E-state index contributed by atoms with van der Waals surface area (Å²) in [5.41, 5.74) is 1.69. The summed E-state index contributed by atoms with van der Waals surface area (Å²) in [6, 6.07) is 0. The highest BCUT2D eigenvalue weighted by Crippen LogP contribution is 2.70. The van der Waals surface area contributed by atoms with E-state index >= 15 is 0 Å². The normalized spacial score (nSPS) is 50.1. The van der Waals surface area contributed by atoms with Crippen molar-refractivity contribution in [1.29, 1.82) is 0 Å². The van der Waals surface area contributed by atoms with Crippen molar-refractivity contribution in [3.8, 4) is 0 Å². The van der Waals surface area contributed by atoms with Crippen LogP contribution in [0.4, 0.5) is 0 Å². The molecule has 5 atom stereocenters. The van der Waals surface area contributed by atoms with E-state index in [2.05, 4.69) is 27.7 Å². The van der Waals surface area contributed by atoms with Crippen LogP contribution in [-0.2, 0) is 4.79 Å². The molecule has 16 heavy (non-hydrogen) atoms. The molecule has 0 aromatic carbocycles. The zero-order chi connectivity index (χ0) is 11.7. The van der Waals surface area contributed by atoms with Crippen molar-refractivity contribution in [2.45, 2.75) is 40.5 Å². The standard InChI is InChI=1S/C15H22O/c1-8(2)10-5-6-15(4)13-9(3)7-11(16)14(15)12(10)13/h7-8,10,12-14H,5-6H2,1-4H3/t10-,12-,13-,14+,15+/m0/s1. The Labute approximate surface area is 98.3 Å². The fourth-order valence-corrected chi connectivity index (χ4v) is 5.14. The molecule has 2 fully saturated rings. The molecule has 1 nitrogen and oxygen atoms in total. The number of fused-ring (bicyclic) bond motifs is 1. The molecule has 88 valence electrons. The lowest BCUT2D eigenvalue weighted by molar-refractivity contribution is -0.186. The first kappa shape index (κ1) is 10.6. The molecule has 1 heteroatoms. The van der Waals surface area contributed by atoms with Crippen LogP contribution in [0.1, 0.15) is 40.5 Å². The predicted molar refractivity (Wildman–Crippen MR) is 64.9 cm³/mol. The third-order valence-corrected chi connectivity index (χ3v) is 5.72. The zero-order valence-corrected chi connectivity index (χ0v) is 10.8. The molecule has 0 saturated heterocycles. The summed E-state index contributed by atoms with van der Waals surface area (Å²) in [5.74, 6) is 3.70. The van der Waals surface area contributed by atoms with Gasteiger partial charge >= 0.3 is 0 Å². The first-order valence-corrected chi connectivity index (χ1v) is 6.69. The number of allylic oxidation sites excluding steroid dienone is 2. The molecule has 0 radical (unpaired) electrons. The molecule has 2 saturated carbocycles. The van der Waals surface area contributed by atoms with Crippen LogP contribution in [0.15, 0.2) is 11.6 Å². The third kappa shape index (κ3) is 1.00. The molecule has 4 rings (SSSR count). The number of carbonyl (C=O) groups excluding carboxylic acids is 1. The van der Waals surface area contributed by atoms with Gasteiger partial charge in [0.05, 0.1) is 0 Å². The van der Waals surface area contributed by atoms with Crippen LogP contribution in [0, 0.1) is 35.0 Å². The van der Waals surface area contributed by atoms with Crippen molar-refractivity contribution < 1.29 is 4.79 Å². The summed E-state index contributed by atoms with van der Waals surface area (Å²) in [6.45, 7) is 9.17. The minimum absolute atomic E-state index is 0.325. The summed E-state index contributed by atoms with van der Waals surface area (Å²) in [6.07, 6.45) is 4.53. The quantitative estimate of drug-likeness (QED) is 0.659. The zero-order valence-electron chi connectivity index (χ0n) is 10.8. The van der Waals surface area contributed by atoms with E-state index in [-0.39, 0.29) is 0 Å². The second-order valence-corrected chi connectivity index (χ2v) is 6.78. The van der Waals surface area contributed by atoms with Gasteiger partial charge in [-0.25, -0.2) is 0 Å². The molecule has 0 N–H and O–H groups in total. The monoisotopic (exact) mass is 218 g/mol. The molecule has 0 heterocycles. The van der Waals surface area contributed by atoms with Crippen LogP contribution in [0.5, 0.6) is 0 Å². The van der Waals surface area contributed by atoms with E-state index in [0.717, 1.165) is 17.8 Å². The van der Waals surface area contributed by atoms with Crippen LogP contribution in [0.25, 0.3) is 0 Å². The van der Waals surface area contributed by atoms with Crippen LogP contribution in [0.3, 0.4) is 0 Å². The highest BCUT2D eigenvalue weighted by atomic mass is 16.1. The van der Waals surface area contributed by atoms with Gasteiger partial charge in [-0.15, -0.1) is 0 Å². The third-order valence-electron chi connectivity index (χ3n) is 5.72. The lowest BCUT2D eigenvalue weighted by atomic mass is 9.34. The summed E-state index contributed by atoms with van der Waals surface area (Å²) < 4.78 is 0. The average Bonchev–Trinajstić information content (AvgIpc) is 2.15. The van der Waals surface area contributed by atoms with Gasteiger partial charge in [0.25, 0.3) is 0 Å². The van der Waals surface area contributed by atoms with E-state index in [0.29, 0.717) is 23.0 Å². The lowest BCUT2D eigenvalue weighted by Gasteiger charge is -2.69. The summed E-state index contributed by atoms with van der Waals surface area (Å²) in [7, 11) is 0. The average molecular weight is 218 g/mol. The Kier molecular flexibility index (Phi) is 1.98. The first-order valence-electron chi connectivity index (χ1n) is 6.69. The molecule has 0 amide bonds. The summed E-state index contributed by atoms with van der Waals surface area (Å²) >= 11 is 0. The topological polar surface area (TPSA) is 17.1 Å². The van der Waals surface area contributed by atoms with Gasteiger partial charge in [-0.3, -0.25) is 4.79 Å². The van der Waals surface area contributed by atoms with E-state index < -0.39 is 0 Å². The number of ketones is 1. The van der Waals surface area contributed by atoms with Crippen LogP contribution >= 0.6 is 0 Å². The van der Waals surface area contributed by atoms with Crippen molar-refractivity contribution in [3.63, 3.8) is 0 Å². The molecule has 0 aliphatic heterocycles. The largest absolute Gasteiger partial charge is 0.295 e. The second-order valence-electron chi connectivity index (χ2n) is 6.78. The molecule has 0 spiro atoms. The van der Waals surface area contributed by atoms with Crippen molar-refractivity contribution in [2.75, 3.05) is 0 Å². The van der Waals surface area contributed by atoms with Gasteiger partial charge < -0.3 is 0 Å². The van der Waals surface area contributed by atoms with Gasteiger partial charge in [-0.2, -0.15) is 0 Å². The number of carbonyl (C=O) groups is 1. The van der Waals surface area contributed by atoms with Crippen LogP contribution < -0.4 is 0 Å². The Balaban J connectivity index is 2.02. The van der Waals surface area contributed by atoms with E-state index in [1.807, 2.05) is 6.08 Å². The van der Waals surface area contributed by atoms with E-state index in [1.54, 1.807) is 0 Å². The Morgan fingerprint density at radius 1 is 1.38 bits per heavy atom. The lowest BCUT2D eigenvalue weighted by Crippen LogP contribution is -2.66. The second kappa shape index (κ2) is 3.00.